The van der Waals surface area contributed by atoms with E-state index < -0.39 is 0 Å². The quantitative estimate of drug-likeness (QED) is 0.679. The fourth-order valence-corrected chi connectivity index (χ4v) is 2.61. The van der Waals surface area contributed by atoms with E-state index in [1.165, 1.54) is 0 Å². The van der Waals surface area contributed by atoms with Crippen molar-refractivity contribution in [1.82, 2.24) is 21.0 Å². The van der Waals surface area contributed by atoms with E-state index in [9.17, 15) is 9.59 Å². The predicted molar refractivity (Wildman–Crippen MR) is 99.6 cm³/mol. The maximum Gasteiger partial charge on any atom is 0.269 e. The van der Waals surface area contributed by atoms with Crippen molar-refractivity contribution in [2.24, 2.45) is 0 Å². The Balaban J connectivity index is 1.49. The van der Waals surface area contributed by atoms with Gasteiger partial charge in [-0.25, -0.2) is 0 Å². The molecule has 3 rings (SSSR count). The summed E-state index contributed by atoms with van der Waals surface area (Å²) in [6, 6.07) is 14.9. The zero-order chi connectivity index (χ0) is 19.2. The number of rotatable bonds is 5. The van der Waals surface area contributed by atoms with E-state index in [-0.39, 0.29) is 24.7 Å². The van der Waals surface area contributed by atoms with Crippen molar-refractivity contribution in [3.05, 3.63) is 71.1 Å². The molecule has 0 aliphatic heterocycles. The van der Waals surface area contributed by atoms with Gasteiger partial charge in [0.15, 0.2) is 0 Å². The Kier molecular flexibility index (Phi) is 5.61. The molecule has 3 aromatic rings. The Hall–Kier alpha value is -3.48. The number of aryl methyl sites for hydroxylation is 3. The van der Waals surface area contributed by atoms with Crippen molar-refractivity contribution in [3.63, 3.8) is 0 Å². The number of carbonyl (C=O) groups excluding carboxylic acids is 2. The van der Waals surface area contributed by atoms with Gasteiger partial charge in [-0.1, -0.05) is 53.2 Å². The normalized spacial score (nSPS) is 10.4. The molecule has 138 valence electrons. The van der Waals surface area contributed by atoms with Gasteiger partial charge >= 0.3 is 0 Å². The molecular weight excluding hydrogens is 344 g/mol. The summed E-state index contributed by atoms with van der Waals surface area (Å²) in [5, 5.41) is 3.91. The first-order valence-electron chi connectivity index (χ1n) is 8.57. The topological polar surface area (TPSA) is 97.1 Å². The van der Waals surface area contributed by atoms with E-state index in [0.717, 1.165) is 16.7 Å². The Labute approximate surface area is 156 Å². The van der Waals surface area contributed by atoms with Crippen LogP contribution >= 0.6 is 0 Å². The summed E-state index contributed by atoms with van der Waals surface area (Å²) in [6.45, 7) is 3.81. The molecule has 2 aromatic carbocycles. The van der Waals surface area contributed by atoms with E-state index in [4.69, 9.17) is 4.52 Å². The van der Waals surface area contributed by atoms with Crippen LogP contribution in [0.25, 0.3) is 11.4 Å². The molecule has 7 nitrogen and oxygen atoms in total. The third kappa shape index (κ3) is 4.78. The van der Waals surface area contributed by atoms with E-state index in [0.29, 0.717) is 17.3 Å². The lowest BCUT2D eigenvalue weighted by atomic mass is 10.1. The molecular formula is C20H20N4O3. The molecule has 0 fully saturated rings. The minimum absolute atomic E-state index is 0.115. The summed E-state index contributed by atoms with van der Waals surface area (Å²) in [7, 11) is 0. The molecule has 7 heteroatoms. The van der Waals surface area contributed by atoms with Gasteiger partial charge in [0.2, 0.25) is 17.6 Å². The first-order chi connectivity index (χ1) is 13.0. The third-order valence-corrected chi connectivity index (χ3v) is 4.01. The average molecular weight is 364 g/mol. The Bertz CT molecular complexity index is 951. The maximum absolute atomic E-state index is 12.1. The van der Waals surface area contributed by atoms with Crippen LogP contribution in [0.1, 0.15) is 33.8 Å². The van der Waals surface area contributed by atoms with E-state index >= 15 is 0 Å². The highest BCUT2D eigenvalue weighted by Crippen LogP contribution is 2.15. The van der Waals surface area contributed by atoms with Crippen LogP contribution in [0.4, 0.5) is 0 Å². The number of aromatic nitrogens is 2. The molecule has 0 aliphatic carbocycles. The largest absolute Gasteiger partial charge is 0.339 e. The molecule has 2 amide bonds. The second kappa shape index (κ2) is 8.27. The maximum atomic E-state index is 12.1. The van der Waals surface area contributed by atoms with Crippen LogP contribution in [-0.4, -0.2) is 22.0 Å². The zero-order valence-corrected chi connectivity index (χ0v) is 15.2. The van der Waals surface area contributed by atoms with Gasteiger partial charge in [0.05, 0.1) is 0 Å². The van der Waals surface area contributed by atoms with Gasteiger partial charge in [0, 0.05) is 24.0 Å². The number of carbonyl (C=O) groups is 2. The first-order valence-corrected chi connectivity index (χ1v) is 8.57. The molecule has 1 heterocycles. The molecule has 0 saturated carbocycles. The van der Waals surface area contributed by atoms with Crippen molar-refractivity contribution in [1.29, 1.82) is 0 Å². The van der Waals surface area contributed by atoms with Crippen LogP contribution in [-0.2, 0) is 11.2 Å². The smallest absolute Gasteiger partial charge is 0.269 e. The molecule has 0 bridgehead atoms. The van der Waals surface area contributed by atoms with E-state index in [2.05, 4.69) is 21.0 Å². The van der Waals surface area contributed by atoms with Gasteiger partial charge in [-0.3, -0.25) is 20.4 Å². The lowest BCUT2D eigenvalue weighted by Crippen LogP contribution is -2.42. The number of nitrogens with one attached hydrogen (secondary N) is 2. The van der Waals surface area contributed by atoms with Gasteiger partial charge in [0.25, 0.3) is 5.91 Å². The highest BCUT2D eigenvalue weighted by molar-refractivity contribution is 5.96. The van der Waals surface area contributed by atoms with Crippen LogP contribution in [0.5, 0.6) is 0 Å². The summed E-state index contributed by atoms with van der Waals surface area (Å²) < 4.78 is 5.16. The van der Waals surface area contributed by atoms with Gasteiger partial charge in [-0.15, -0.1) is 0 Å². The molecule has 0 atom stereocenters. The molecule has 1 aromatic heterocycles. The summed E-state index contributed by atoms with van der Waals surface area (Å²) in [5.74, 6) is 0.149. The number of hydrazine groups is 1. The lowest BCUT2D eigenvalue weighted by molar-refractivity contribution is -0.121. The summed E-state index contributed by atoms with van der Waals surface area (Å²) in [6.07, 6.45) is 0.397. The van der Waals surface area contributed by atoms with E-state index in [1.54, 1.807) is 6.07 Å². The first kappa shape index (κ1) is 18.3. The fraction of sp³-hybridized carbons (Fsp3) is 0.200. The SMILES string of the molecule is Cc1ccc(C(=O)NNC(=O)CCc2nc(-c3ccccc3)no2)c(C)c1. The zero-order valence-electron chi connectivity index (χ0n) is 15.2. The minimum Gasteiger partial charge on any atom is -0.339 e. The average Bonchev–Trinajstić information content (AvgIpc) is 3.14. The van der Waals surface area contributed by atoms with Crippen LogP contribution in [0.2, 0.25) is 0 Å². The number of hydrogen-bond acceptors (Lipinski definition) is 5. The van der Waals surface area contributed by atoms with Gasteiger partial charge in [0.1, 0.15) is 0 Å². The standard InChI is InChI=1S/C20H20N4O3/c1-13-8-9-16(14(2)12-13)20(26)23-22-17(25)10-11-18-21-19(24-27-18)15-6-4-3-5-7-15/h3-9,12H,10-11H2,1-2H3,(H,22,25)(H,23,26). The predicted octanol–water partition coefficient (Wildman–Crippen LogP) is 2.75. The van der Waals surface area contributed by atoms with E-state index in [1.807, 2.05) is 56.3 Å². The Morgan fingerprint density at radius 1 is 1.04 bits per heavy atom. The van der Waals surface area contributed by atoms with Crippen LogP contribution in [0.15, 0.2) is 53.1 Å². The van der Waals surface area contributed by atoms with Crippen LogP contribution < -0.4 is 10.9 Å². The minimum atomic E-state index is -0.356. The molecule has 2 N–H and O–H groups in total. The summed E-state index contributed by atoms with van der Waals surface area (Å²) >= 11 is 0. The van der Waals surface area contributed by atoms with Crippen molar-refractivity contribution >= 4 is 11.8 Å². The van der Waals surface area contributed by atoms with Crippen LogP contribution in [0, 0.1) is 13.8 Å². The monoisotopic (exact) mass is 364 g/mol. The summed E-state index contributed by atoms with van der Waals surface area (Å²) in [5.41, 5.74) is 8.11. The molecule has 0 aliphatic rings. The van der Waals surface area contributed by atoms with Crippen molar-refractivity contribution in [3.8, 4) is 11.4 Å². The number of nitrogens with zero attached hydrogens (tertiary/aromatic N) is 2. The van der Waals surface area contributed by atoms with Crippen molar-refractivity contribution in [2.75, 3.05) is 0 Å². The third-order valence-electron chi connectivity index (χ3n) is 4.01. The molecule has 0 radical (unpaired) electrons. The number of benzene rings is 2. The lowest BCUT2D eigenvalue weighted by Gasteiger charge is -2.09. The van der Waals surface area contributed by atoms with Crippen molar-refractivity contribution < 1.29 is 14.1 Å². The Morgan fingerprint density at radius 2 is 1.81 bits per heavy atom. The molecule has 0 unspecified atom stereocenters. The number of amides is 2. The van der Waals surface area contributed by atoms with Gasteiger partial charge in [-0.05, 0) is 25.5 Å². The van der Waals surface area contributed by atoms with Gasteiger partial charge < -0.3 is 4.52 Å². The highest BCUT2D eigenvalue weighted by atomic mass is 16.5. The number of hydrogen-bond donors (Lipinski definition) is 2. The Morgan fingerprint density at radius 3 is 2.56 bits per heavy atom. The second-order valence-electron chi connectivity index (χ2n) is 6.20. The van der Waals surface area contributed by atoms with Crippen molar-refractivity contribution in [2.45, 2.75) is 26.7 Å². The highest BCUT2D eigenvalue weighted by Gasteiger charge is 2.12. The van der Waals surface area contributed by atoms with Gasteiger partial charge in [-0.2, -0.15) is 4.98 Å². The second-order valence-corrected chi connectivity index (χ2v) is 6.20. The van der Waals surface area contributed by atoms with Crippen LogP contribution in [0.3, 0.4) is 0 Å². The fourth-order valence-electron chi connectivity index (χ4n) is 2.61. The molecule has 0 spiro atoms. The molecule has 0 saturated heterocycles. The molecule has 27 heavy (non-hydrogen) atoms. The summed E-state index contributed by atoms with van der Waals surface area (Å²) in [4.78, 5) is 28.4.